The molecule has 1 aromatic heterocycles. The van der Waals surface area contributed by atoms with Crippen molar-refractivity contribution in [1.82, 2.24) is 5.16 Å². The van der Waals surface area contributed by atoms with Crippen molar-refractivity contribution in [3.63, 3.8) is 0 Å². The van der Waals surface area contributed by atoms with Gasteiger partial charge in [-0.1, -0.05) is 24.9 Å². The molecule has 0 radical (unpaired) electrons. The number of rotatable bonds is 5. The summed E-state index contributed by atoms with van der Waals surface area (Å²) in [6.07, 6.45) is 4.67. The first kappa shape index (κ1) is 10.3. The van der Waals surface area contributed by atoms with E-state index in [0.717, 1.165) is 17.9 Å². The first-order chi connectivity index (χ1) is 6.24. The van der Waals surface area contributed by atoms with Crippen LogP contribution in [-0.2, 0) is 6.42 Å². The zero-order valence-electron chi connectivity index (χ0n) is 8.42. The van der Waals surface area contributed by atoms with Gasteiger partial charge >= 0.3 is 0 Å². The molecule has 0 aliphatic rings. The Bertz CT molecular complexity index is 243. The maximum atomic E-state index is 5.65. The van der Waals surface area contributed by atoms with Crippen LogP contribution in [0.1, 0.15) is 50.6 Å². The van der Waals surface area contributed by atoms with E-state index in [1.165, 1.54) is 19.3 Å². The number of aryl methyl sites for hydroxylation is 1. The first-order valence-corrected chi connectivity index (χ1v) is 4.95. The van der Waals surface area contributed by atoms with Gasteiger partial charge in [0.15, 0.2) is 5.76 Å². The summed E-state index contributed by atoms with van der Waals surface area (Å²) in [6.45, 7) is 4.09. The Balaban J connectivity index is 2.40. The van der Waals surface area contributed by atoms with E-state index in [9.17, 15) is 0 Å². The van der Waals surface area contributed by atoms with Crippen molar-refractivity contribution in [2.45, 2.75) is 45.6 Å². The molecule has 1 atom stereocenters. The normalized spacial score (nSPS) is 13.2. The number of aromatic nitrogens is 1. The minimum Gasteiger partial charge on any atom is -0.359 e. The third kappa shape index (κ3) is 3.19. The largest absolute Gasteiger partial charge is 0.359 e. The summed E-state index contributed by atoms with van der Waals surface area (Å²) in [4.78, 5) is 0. The Morgan fingerprint density at radius 3 is 2.85 bits per heavy atom. The molecule has 0 amide bonds. The van der Waals surface area contributed by atoms with E-state index in [0.29, 0.717) is 0 Å². The van der Waals surface area contributed by atoms with Gasteiger partial charge in [0.05, 0.1) is 11.7 Å². The highest BCUT2D eigenvalue weighted by molar-refractivity contribution is 5.08. The molecular formula is C10H18N2O. The van der Waals surface area contributed by atoms with Gasteiger partial charge in [0.25, 0.3) is 0 Å². The van der Waals surface area contributed by atoms with Crippen LogP contribution in [0.2, 0.25) is 0 Å². The van der Waals surface area contributed by atoms with Crippen LogP contribution in [-0.4, -0.2) is 5.16 Å². The monoisotopic (exact) mass is 182 g/mol. The molecule has 0 aliphatic carbocycles. The fraction of sp³-hybridized carbons (Fsp3) is 0.700. The third-order valence-corrected chi connectivity index (χ3v) is 2.06. The Labute approximate surface area is 79.3 Å². The number of nitrogens with two attached hydrogens (primary N) is 1. The van der Waals surface area contributed by atoms with Crippen molar-refractivity contribution < 1.29 is 4.52 Å². The van der Waals surface area contributed by atoms with Gasteiger partial charge in [-0.2, -0.15) is 0 Å². The molecule has 1 aromatic rings. The quantitative estimate of drug-likeness (QED) is 0.711. The smallest absolute Gasteiger partial charge is 0.153 e. The molecule has 0 saturated heterocycles. The zero-order valence-corrected chi connectivity index (χ0v) is 8.42. The average Bonchev–Trinajstić information content (AvgIpc) is 2.53. The maximum absolute atomic E-state index is 5.65. The van der Waals surface area contributed by atoms with Crippen molar-refractivity contribution in [2.24, 2.45) is 5.73 Å². The van der Waals surface area contributed by atoms with E-state index >= 15 is 0 Å². The molecule has 0 aromatic carbocycles. The van der Waals surface area contributed by atoms with Gasteiger partial charge in [-0.25, -0.2) is 0 Å². The molecule has 74 valence electrons. The van der Waals surface area contributed by atoms with E-state index in [-0.39, 0.29) is 6.04 Å². The van der Waals surface area contributed by atoms with Crippen LogP contribution >= 0.6 is 0 Å². The van der Waals surface area contributed by atoms with Gasteiger partial charge in [0.1, 0.15) is 0 Å². The molecule has 0 spiro atoms. The van der Waals surface area contributed by atoms with Crippen molar-refractivity contribution in [3.05, 3.63) is 17.5 Å². The second-order valence-electron chi connectivity index (χ2n) is 3.47. The highest BCUT2D eigenvalue weighted by Crippen LogP contribution is 2.12. The second kappa shape index (κ2) is 5.02. The summed E-state index contributed by atoms with van der Waals surface area (Å²) in [6, 6.07) is 1.91. The van der Waals surface area contributed by atoms with Crippen molar-refractivity contribution in [1.29, 1.82) is 0 Å². The van der Waals surface area contributed by atoms with Crippen molar-refractivity contribution in [3.8, 4) is 0 Å². The lowest BCUT2D eigenvalue weighted by Gasteiger charge is -1.94. The van der Waals surface area contributed by atoms with Crippen molar-refractivity contribution >= 4 is 0 Å². The first-order valence-electron chi connectivity index (χ1n) is 4.95. The highest BCUT2D eigenvalue weighted by atomic mass is 16.5. The number of hydrogen-bond acceptors (Lipinski definition) is 3. The van der Waals surface area contributed by atoms with Gasteiger partial charge in [0, 0.05) is 6.07 Å². The van der Waals surface area contributed by atoms with Crippen molar-refractivity contribution in [2.75, 3.05) is 0 Å². The highest BCUT2D eigenvalue weighted by Gasteiger charge is 2.06. The standard InChI is InChI=1S/C10H18N2O/c1-3-4-5-6-9-7-10(8(2)11)13-12-9/h7-8H,3-6,11H2,1-2H3. The summed E-state index contributed by atoms with van der Waals surface area (Å²) in [5, 5.41) is 3.95. The van der Waals surface area contributed by atoms with E-state index in [2.05, 4.69) is 12.1 Å². The summed E-state index contributed by atoms with van der Waals surface area (Å²) >= 11 is 0. The topological polar surface area (TPSA) is 52.0 Å². The summed E-state index contributed by atoms with van der Waals surface area (Å²) in [5.41, 5.74) is 6.68. The van der Waals surface area contributed by atoms with Gasteiger partial charge in [-0.15, -0.1) is 0 Å². The molecule has 0 bridgehead atoms. The molecule has 0 saturated carbocycles. The Morgan fingerprint density at radius 1 is 1.54 bits per heavy atom. The molecule has 0 aliphatic heterocycles. The molecule has 1 heterocycles. The van der Waals surface area contributed by atoms with Gasteiger partial charge < -0.3 is 10.3 Å². The van der Waals surface area contributed by atoms with Crippen LogP contribution in [0.5, 0.6) is 0 Å². The average molecular weight is 182 g/mol. The summed E-state index contributed by atoms with van der Waals surface area (Å²) in [7, 11) is 0. The predicted octanol–water partition coefficient (Wildman–Crippen LogP) is 2.43. The zero-order chi connectivity index (χ0) is 9.68. The van der Waals surface area contributed by atoms with E-state index < -0.39 is 0 Å². The molecule has 1 unspecified atom stereocenters. The van der Waals surface area contributed by atoms with Gasteiger partial charge in [-0.05, 0) is 19.8 Å². The number of nitrogens with zero attached hydrogens (tertiary/aromatic N) is 1. The molecule has 0 fully saturated rings. The minimum atomic E-state index is -0.0487. The summed E-state index contributed by atoms with van der Waals surface area (Å²) < 4.78 is 5.08. The fourth-order valence-corrected chi connectivity index (χ4v) is 1.22. The van der Waals surface area contributed by atoms with Crippen LogP contribution in [0, 0.1) is 0 Å². The van der Waals surface area contributed by atoms with Gasteiger partial charge in [-0.3, -0.25) is 0 Å². The summed E-state index contributed by atoms with van der Waals surface area (Å²) in [5.74, 6) is 0.784. The molecular weight excluding hydrogens is 164 g/mol. The lowest BCUT2D eigenvalue weighted by molar-refractivity contribution is 0.362. The Morgan fingerprint density at radius 2 is 2.31 bits per heavy atom. The fourth-order valence-electron chi connectivity index (χ4n) is 1.22. The molecule has 1 rings (SSSR count). The molecule has 13 heavy (non-hydrogen) atoms. The van der Waals surface area contributed by atoms with Crippen LogP contribution in [0.3, 0.4) is 0 Å². The SMILES string of the molecule is CCCCCc1cc(C(C)N)on1. The second-order valence-corrected chi connectivity index (χ2v) is 3.47. The van der Waals surface area contributed by atoms with Crippen LogP contribution in [0.4, 0.5) is 0 Å². The number of unbranched alkanes of at least 4 members (excludes halogenated alkanes) is 2. The minimum absolute atomic E-state index is 0.0487. The molecule has 2 N–H and O–H groups in total. The predicted molar refractivity (Wildman–Crippen MR) is 52.3 cm³/mol. The van der Waals surface area contributed by atoms with Crippen LogP contribution < -0.4 is 5.73 Å². The molecule has 3 nitrogen and oxygen atoms in total. The lowest BCUT2D eigenvalue weighted by Crippen LogP contribution is -2.02. The van der Waals surface area contributed by atoms with Crippen LogP contribution in [0.25, 0.3) is 0 Å². The third-order valence-electron chi connectivity index (χ3n) is 2.06. The Hall–Kier alpha value is -0.830. The van der Waals surface area contributed by atoms with E-state index in [4.69, 9.17) is 10.3 Å². The molecule has 3 heteroatoms. The lowest BCUT2D eigenvalue weighted by atomic mass is 10.1. The van der Waals surface area contributed by atoms with E-state index in [1.807, 2.05) is 13.0 Å². The Kier molecular flexibility index (Phi) is 3.96. The van der Waals surface area contributed by atoms with Crippen LogP contribution in [0.15, 0.2) is 10.6 Å². The number of hydrogen-bond donors (Lipinski definition) is 1. The van der Waals surface area contributed by atoms with E-state index in [1.54, 1.807) is 0 Å². The van der Waals surface area contributed by atoms with Gasteiger partial charge in [0.2, 0.25) is 0 Å². The maximum Gasteiger partial charge on any atom is 0.153 e.